The molecule has 2 heterocycles. The van der Waals surface area contributed by atoms with Crippen molar-refractivity contribution < 1.29 is 0 Å². The number of aromatic nitrogens is 2. The quantitative estimate of drug-likeness (QED) is 0.715. The molecular weight excluding hydrogens is 224 g/mol. The van der Waals surface area contributed by atoms with Crippen LogP contribution in [0.25, 0.3) is 15.9 Å². The van der Waals surface area contributed by atoms with E-state index in [-0.39, 0.29) is 6.04 Å². The highest BCUT2D eigenvalue weighted by Crippen LogP contribution is 2.28. The summed E-state index contributed by atoms with van der Waals surface area (Å²) < 4.78 is 2.05. The summed E-state index contributed by atoms with van der Waals surface area (Å²) in [5, 5.41) is 0. The Morgan fingerprint density at radius 2 is 2.11 bits per heavy atom. The summed E-state index contributed by atoms with van der Waals surface area (Å²) in [5.41, 5.74) is 3.44. The monoisotopic (exact) mass is 240 g/mol. The summed E-state index contributed by atoms with van der Waals surface area (Å²) in [6.07, 6.45) is 3.79. The number of para-hydroxylation sites is 1. The van der Waals surface area contributed by atoms with Gasteiger partial charge in [0.25, 0.3) is 0 Å². The Morgan fingerprint density at radius 1 is 1.33 bits per heavy atom. The van der Waals surface area contributed by atoms with E-state index in [1.807, 2.05) is 17.9 Å². The first-order valence-electron chi connectivity index (χ1n) is 6.31. The maximum atomic E-state index is 7.09. The fraction of sp³-hybridized carbons (Fsp3) is 0.429. The van der Waals surface area contributed by atoms with E-state index < -0.39 is 0 Å². The lowest BCUT2D eigenvalue weighted by atomic mass is 10.0. The van der Waals surface area contributed by atoms with Crippen LogP contribution in [-0.4, -0.2) is 28.7 Å². The zero-order valence-electron chi connectivity index (χ0n) is 10.5. The maximum absolute atomic E-state index is 7.09. The van der Waals surface area contributed by atoms with E-state index in [2.05, 4.69) is 32.9 Å². The van der Waals surface area contributed by atoms with E-state index in [1.54, 1.807) is 0 Å². The lowest BCUT2D eigenvalue weighted by molar-refractivity contribution is 0.549. The fourth-order valence-electron chi connectivity index (χ4n) is 2.63. The van der Waals surface area contributed by atoms with Crippen LogP contribution in [0.3, 0.4) is 0 Å². The van der Waals surface area contributed by atoms with Gasteiger partial charge in [-0.1, -0.05) is 6.07 Å². The Labute approximate surface area is 107 Å². The molecule has 0 N–H and O–H groups in total. The molecule has 0 spiro atoms. The molecule has 0 unspecified atom stereocenters. The highest BCUT2D eigenvalue weighted by Gasteiger charge is 2.24. The first-order valence-corrected chi connectivity index (χ1v) is 6.31. The number of aryl methyl sites for hydroxylation is 1. The van der Waals surface area contributed by atoms with Crippen molar-refractivity contribution >= 4 is 16.7 Å². The normalized spacial score (nSPS) is 17.0. The highest BCUT2D eigenvalue weighted by molar-refractivity contribution is 5.89. The largest absolute Gasteiger partial charge is 0.369 e. The zero-order chi connectivity index (χ0) is 12.5. The standard InChI is InChI=1S/C14H16N4/c1-15-11-6-8-18(9-7-11)13-5-3-4-12-14(13)16-10-17(12)2/h3-5,10-11H,6-9H2,2H3. The van der Waals surface area contributed by atoms with Crippen molar-refractivity contribution in [3.05, 3.63) is 35.9 Å². The SMILES string of the molecule is [C-]#[N+]C1CCN(c2cccc3c2ncn3C)CC1. The van der Waals surface area contributed by atoms with Gasteiger partial charge in [-0.25, -0.2) is 11.6 Å². The van der Waals surface area contributed by atoms with Crippen molar-refractivity contribution in [2.45, 2.75) is 18.9 Å². The second kappa shape index (κ2) is 4.34. The molecule has 3 rings (SSSR count). The second-order valence-corrected chi connectivity index (χ2v) is 4.85. The van der Waals surface area contributed by atoms with Crippen LogP contribution in [0.15, 0.2) is 24.5 Å². The summed E-state index contributed by atoms with van der Waals surface area (Å²) in [4.78, 5) is 10.5. The van der Waals surface area contributed by atoms with Gasteiger partial charge >= 0.3 is 0 Å². The molecule has 0 radical (unpaired) electrons. The van der Waals surface area contributed by atoms with Gasteiger partial charge in [-0.2, -0.15) is 0 Å². The van der Waals surface area contributed by atoms with E-state index in [9.17, 15) is 0 Å². The van der Waals surface area contributed by atoms with Gasteiger partial charge in [-0.05, 0) is 12.1 Å². The Kier molecular flexibility index (Phi) is 2.67. The van der Waals surface area contributed by atoms with Crippen molar-refractivity contribution in [1.29, 1.82) is 0 Å². The number of rotatable bonds is 1. The van der Waals surface area contributed by atoms with Gasteiger partial charge in [0.2, 0.25) is 6.04 Å². The van der Waals surface area contributed by atoms with Gasteiger partial charge < -0.3 is 14.3 Å². The molecule has 18 heavy (non-hydrogen) atoms. The number of imidazole rings is 1. The van der Waals surface area contributed by atoms with Gasteiger partial charge in [0, 0.05) is 33.0 Å². The van der Waals surface area contributed by atoms with Gasteiger partial charge in [0.1, 0.15) is 5.52 Å². The summed E-state index contributed by atoms with van der Waals surface area (Å²) in [7, 11) is 2.02. The average molecular weight is 240 g/mol. The van der Waals surface area contributed by atoms with Crippen molar-refractivity contribution in [3.8, 4) is 0 Å². The molecule has 4 heteroatoms. The number of hydrogen-bond donors (Lipinski definition) is 0. The van der Waals surface area contributed by atoms with E-state index in [0.717, 1.165) is 31.4 Å². The predicted molar refractivity (Wildman–Crippen MR) is 72.6 cm³/mol. The van der Waals surface area contributed by atoms with Crippen LogP contribution in [0.2, 0.25) is 0 Å². The van der Waals surface area contributed by atoms with Crippen LogP contribution in [0.5, 0.6) is 0 Å². The molecule has 1 aromatic carbocycles. The third kappa shape index (κ3) is 1.72. The van der Waals surface area contributed by atoms with E-state index in [1.165, 1.54) is 11.2 Å². The molecule has 1 aromatic heterocycles. The summed E-state index contributed by atoms with van der Waals surface area (Å²) in [6, 6.07) is 6.52. The minimum Gasteiger partial charge on any atom is -0.369 e. The predicted octanol–water partition coefficient (Wildman–Crippen LogP) is 2.46. The van der Waals surface area contributed by atoms with Crippen molar-refractivity contribution in [2.24, 2.45) is 7.05 Å². The van der Waals surface area contributed by atoms with Gasteiger partial charge in [0.05, 0.1) is 17.5 Å². The molecule has 0 atom stereocenters. The Hall–Kier alpha value is -2.02. The van der Waals surface area contributed by atoms with Gasteiger partial charge in [-0.15, -0.1) is 0 Å². The lowest BCUT2D eigenvalue weighted by Gasteiger charge is -2.29. The van der Waals surface area contributed by atoms with Crippen LogP contribution < -0.4 is 4.90 Å². The van der Waals surface area contributed by atoms with Crippen molar-refractivity contribution in [3.63, 3.8) is 0 Å². The molecule has 1 saturated heterocycles. The average Bonchev–Trinajstić information content (AvgIpc) is 2.81. The molecule has 0 saturated carbocycles. The smallest absolute Gasteiger partial charge is 0.227 e. The minimum atomic E-state index is 0.212. The van der Waals surface area contributed by atoms with Gasteiger partial charge in [-0.3, -0.25) is 0 Å². The third-order valence-electron chi connectivity index (χ3n) is 3.72. The lowest BCUT2D eigenvalue weighted by Crippen LogP contribution is -2.34. The summed E-state index contributed by atoms with van der Waals surface area (Å²) in [5.74, 6) is 0. The van der Waals surface area contributed by atoms with Crippen LogP contribution >= 0.6 is 0 Å². The first-order chi connectivity index (χ1) is 8.79. The Morgan fingerprint density at radius 3 is 2.83 bits per heavy atom. The van der Waals surface area contributed by atoms with Crippen LogP contribution in [-0.2, 0) is 7.05 Å². The van der Waals surface area contributed by atoms with Crippen molar-refractivity contribution in [1.82, 2.24) is 9.55 Å². The van der Waals surface area contributed by atoms with E-state index in [4.69, 9.17) is 6.57 Å². The molecule has 4 nitrogen and oxygen atoms in total. The number of hydrogen-bond acceptors (Lipinski definition) is 2. The number of anilines is 1. The maximum Gasteiger partial charge on any atom is 0.227 e. The topological polar surface area (TPSA) is 25.4 Å². The van der Waals surface area contributed by atoms with Crippen LogP contribution in [0, 0.1) is 6.57 Å². The number of piperidine rings is 1. The van der Waals surface area contributed by atoms with Crippen LogP contribution in [0.1, 0.15) is 12.8 Å². The molecule has 0 bridgehead atoms. The number of fused-ring (bicyclic) bond motifs is 1. The first kappa shape index (κ1) is 11.1. The summed E-state index contributed by atoms with van der Waals surface area (Å²) in [6.45, 7) is 9.01. The second-order valence-electron chi connectivity index (χ2n) is 4.85. The molecule has 2 aromatic rings. The zero-order valence-corrected chi connectivity index (χ0v) is 10.5. The molecule has 1 aliphatic rings. The highest BCUT2D eigenvalue weighted by atomic mass is 15.2. The van der Waals surface area contributed by atoms with E-state index >= 15 is 0 Å². The number of benzene rings is 1. The van der Waals surface area contributed by atoms with Crippen molar-refractivity contribution in [2.75, 3.05) is 18.0 Å². The molecule has 0 aliphatic carbocycles. The Bertz CT molecular complexity index is 600. The third-order valence-corrected chi connectivity index (χ3v) is 3.72. The molecule has 1 fully saturated rings. The Balaban J connectivity index is 1.94. The van der Waals surface area contributed by atoms with Gasteiger partial charge in [0.15, 0.2) is 0 Å². The fourth-order valence-corrected chi connectivity index (χ4v) is 2.63. The molecular formula is C14H16N4. The number of nitrogens with zero attached hydrogens (tertiary/aromatic N) is 4. The van der Waals surface area contributed by atoms with Crippen LogP contribution in [0.4, 0.5) is 5.69 Å². The molecule has 92 valence electrons. The van der Waals surface area contributed by atoms with E-state index in [0.29, 0.717) is 0 Å². The minimum absolute atomic E-state index is 0.212. The summed E-state index contributed by atoms with van der Waals surface area (Å²) >= 11 is 0. The molecule has 1 aliphatic heterocycles. The molecule has 0 amide bonds.